The molecule has 0 aliphatic heterocycles. The van der Waals surface area contributed by atoms with E-state index in [1.54, 1.807) is 0 Å². The van der Waals surface area contributed by atoms with Gasteiger partial charge in [-0.05, 0) is 41.0 Å². The van der Waals surface area contributed by atoms with E-state index in [1.165, 1.54) is 0 Å². The zero-order valence-electron chi connectivity index (χ0n) is 18.8. The second kappa shape index (κ2) is 10.1. The Balaban J connectivity index is 1.34. The zero-order chi connectivity index (χ0) is 23.4. The van der Waals surface area contributed by atoms with Gasteiger partial charge in [-0.2, -0.15) is 0 Å². The number of carbonyl (C=O) groups is 3. The lowest BCUT2D eigenvalue weighted by atomic mass is 9.98. The van der Waals surface area contributed by atoms with Gasteiger partial charge in [0.2, 0.25) is 5.91 Å². The number of carboxylic acid groups (broad SMARTS) is 1. The first-order chi connectivity index (χ1) is 16.0. The van der Waals surface area contributed by atoms with E-state index in [4.69, 9.17) is 9.84 Å². The molecule has 0 heterocycles. The molecule has 3 N–H and O–H groups in total. The molecule has 4 rings (SSSR count). The van der Waals surface area contributed by atoms with Crippen molar-refractivity contribution in [3.05, 3.63) is 59.7 Å². The maximum atomic E-state index is 12.7. The Morgan fingerprint density at radius 2 is 1.70 bits per heavy atom. The number of unbranched alkanes of at least 4 members (excludes halogenated alkanes) is 1. The molecule has 2 aromatic carbocycles. The Morgan fingerprint density at radius 3 is 2.27 bits per heavy atom. The largest absolute Gasteiger partial charge is 0.481 e. The summed E-state index contributed by atoms with van der Waals surface area (Å²) in [5.41, 5.74) is 4.57. The Labute approximate surface area is 193 Å². The average Bonchev–Trinajstić information content (AvgIpc) is 3.54. The number of benzene rings is 2. The zero-order valence-corrected chi connectivity index (χ0v) is 18.8. The van der Waals surface area contributed by atoms with Gasteiger partial charge in [0.1, 0.15) is 12.6 Å². The first-order valence-corrected chi connectivity index (χ1v) is 11.6. The molecule has 174 valence electrons. The molecule has 3 atom stereocenters. The minimum atomic E-state index is -0.825. The Kier molecular flexibility index (Phi) is 6.96. The number of hydrogen-bond donors (Lipinski definition) is 3. The van der Waals surface area contributed by atoms with Crippen molar-refractivity contribution in [1.29, 1.82) is 0 Å². The van der Waals surface area contributed by atoms with Crippen LogP contribution in [0.5, 0.6) is 0 Å². The van der Waals surface area contributed by atoms with Crippen molar-refractivity contribution in [3.63, 3.8) is 0 Å². The molecule has 0 aromatic heterocycles. The van der Waals surface area contributed by atoms with Crippen molar-refractivity contribution < 1.29 is 24.2 Å². The fraction of sp³-hybridized carbons (Fsp3) is 0.423. The molecule has 1 fully saturated rings. The number of aliphatic carboxylic acids is 1. The minimum absolute atomic E-state index is 0.0345. The molecular weight excluding hydrogens is 420 g/mol. The highest BCUT2D eigenvalue weighted by atomic mass is 16.5. The summed E-state index contributed by atoms with van der Waals surface area (Å²) in [4.78, 5) is 36.2. The molecule has 3 unspecified atom stereocenters. The number of carbonyl (C=O) groups excluding carboxylic acids is 2. The third-order valence-electron chi connectivity index (χ3n) is 6.58. The lowest BCUT2D eigenvalue weighted by Crippen LogP contribution is -2.47. The number of ether oxygens (including phenoxy) is 1. The molecule has 2 aliphatic carbocycles. The third kappa shape index (κ3) is 5.18. The topological polar surface area (TPSA) is 105 Å². The van der Waals surface area contributed by atoms with Crippen LogP contribution in [-0.4, -0.2) is 42.3 Å². The lowest BCUT2D eigenvalue weighted by Gasteiger charge is -2.19. The fourth-order valence-electron chi connectivity index (χ4n) is 4.59. The number of nitrogens with one attached hydrogen (secondary N) is 2. The number of amides is 2. The van der Waals surface area contributed by atoms with Gasteiger partial charge in [-0.1, -0.05) is 68.3 Å². The van der Waals surface area contributed by atoms with Crippen LogP contribution in [0.1, 0.15) is 49.7 Å². The summed E-state index contributed by atoms with van der Waals surface area (Å²) in [5, 5.41) is 14.5. The van der Waals surface area contributed by atoms with Gasteiger partial charge in [0, 0.05) is 12.5 Å². The summed E-state index contributed by atoms with van der Waals surface area (Å²) >= 11 is 0. The Hall–Kier alpha value is -3.35. The Morgan fingerprint density at radius 1 is 1.06 bits per heavy atom. The molecule has 0 saturated heterocycles. The molecule has 7 heteroatoms. The normalized spacial score (nSPS) is 19.2. The van der Waals surface area contributed by atoms with Crippen molar-refractivity contribution in [2.45, 2.75) is 44.6 Å². The van der Waals surface area contributed by atoms with Crippen LogP contribution in [0.4, 0.5) is 4.79 Å². The van der Waals surface area contributed by atoms with Gasteiger partial charge < -0.3 is 20.5 Å². The second-order valence-corrected chi connectivity index (χ2v) is 8.85. The molecule has 0 radical (unpaired) electrons. The van der Waals surface area contributed by atoms with Crippen molar-refractivity contribution >= 4 is 18.0 Å². The smallest absolute Gasteiger partial charge is 0.407 e. The van der Waals surface area contributed by atoms with E-state index < -0.39 is 18.1 Å². The summed E-state index contributed by atoms with van der Waals surface area (Å²) < 4.78 is 5.58. The highest BCUT2D eigenvalue weighted by Gasteiger charge is 2.43. The molecule has 1 saturated carbocycles. The standard InChI is InChI=1S/C26H30N2O5/c1-2-3-12-23(24(29)27-14-16-13-21(16)25(30)31)28-26(32)33-15-22-19-10-6-4-8-17(19)18-9-5-7-11-20(18)22/h4-11,16,21-23H,2-3,12-15H2,1H3,(H,27,29)(H,28,32)(H,30,31). The summed E-state index contributed by atoms with van der Waals surface area (Å²) in [7, 11) is 0. The lowest BCUT2D eigenvalue weighted by molar-refractivity contribution is -0.139. The van der Waals surface area contributed by atoms with Crippen molar-refractivity contribution in [2.24, 2.45) is 11.8 Å². The van der Waals surface area contributed by atoms with Crippen molar-refractivity contribution in [1.82, 2.24) is 10.6 Å². The highest BCUT2D eigenvalue weighted by Crippen LogP contribution is 2.44. The van der Waals surface area contributed by atoms with E-state index in [0.717, 1.165) is 35.1 Å². The van der Waals surface area contributed by atoms with E-state index in [1.807, 2.05) is 31.2 Å². The summed E-state index contributed by atoms with van der Waals surface area (Å²) in [6, 6.07) is 15.5. The first kappa shape index (κ1) is 22.8. The van der Waals surface area contributed by atoms with Crippen LogP contribution in [0.15, 0.2) is 48.5 Å². The van der Waals surface area contributed by atoms with E-state index in [2.05, 4.69) is 34.9 Å². The van der Waals surface area contributed by atoms with Crippen LogP contribution in [-0.2, 0) is 14.3 Å². The molecule has 0 bridgehead atoms. The maximum Gasteiger partial charge on any atom is 0.407 e. The second-order valence-electron chi connectivity index (χ2n) is 8.85. The van der Waals surface area contributed by atoms with Crippen molar-refractivity contribution in [2.75, 3.05) is 13.2 Å². The summed E-state index contributed by atoms with van der Waals surface area (Å²) in [5.74, 6) is -1.59. The molecule has 0 spiro atoms. The molecule has 2 aromatic rings. The molecular formula is C26H30N2O5. The van der Waals surface area contributed by atoms with Crippen LogP contribution in [0.3, 0.4) is 0 Å². The summed E-state index contributed by atoms with van der Waals surface area (Å²) in [6.07, 6.45) is 2.13. The van der Waals surface area contributed by atoms with Gasteiger partial charge in [-0.25, -0.2) is 4.79 Å². The number of carboxylic acids is 1. The first-order valence-electron chi connectivity index (χ1n) is 11.6. The van der Waals surface area contributed by atoms with Gasteiger partial charge >= 0.3 is 12.1 Å². The SMILES string of the molecule is CCCCC(NC(=O)OCC1c2ccccc2-c2ccccc21)C(=O)NCC1CC1C(=O)O. The number of alkyl carbamates (subject to hydrolysis) is 1. The van der Waals surface area contributed by atoms with Crippen LogP contribution < -0.4 is 10.6 Å². The Bertz CT molecular complexity index is 991. The fourth-order valence-corrected chi connectivity index (χ4v) is 4.59. The van der Waals surface area contributed by atoms with Crippen LogP contribution in [0, 0.1) is 11.8 Å². The van der Waals surface area contributed by atoms with Crippen LogP contribution in [0.2, 0.25) is 0 Å². The van der Waals surface area contributed by atoms with E-state index in [0.29, 0.717) is 19.4 Å². The van der Waals surface area contributed by atoms with E-state index in [-0.39, 0.29) is 30.3 Å². The van der Waals surface area contributed by atoms with Gasteiger partial charge in [0.05, 0.1) is 5.92 Å². The molecule has 2 amide bonds. The predicted molar refractivity (Wildman–Crippen MR) is 124 cm³/mol. The molecule has 2 aliphatic rings. The third-order valence-corrected chi connectivity index (χ3v) is 6.58. The van der Waals surface area contributed by atoms with Crippen LogP contribution >= 0.6 is 0 Å². The molecule has 33 heavy (non-hydrogen) atoms. The van der Waals surface area contributed by atoms with E-state index >= 15 is 0 Å². The monoisotopic (exact) mass is 450 g/mol. The maximum absolute atomic E-state index is 12.7. The predicted octanol–water partition coefficient (Wildman–Crippen LogP) is 3.92. The van der Waals surface area contributed by atoms with Gasteiger partial charge in [-0.15, -0.1) is 0 Å². The average molecular weight is 451 g/mol. The number of fused-ring (bicyclic) bond motifs is 3. The minimum Gasteiger partial charge on any atom is -0.481 e. The van der Waals surface area contributed by atoms with Gasteiger partial charge in [0.25, 0.3) is 0 Å². The number of hydrogen-bond acceptors (Lipinski definition) is 4. The highest BCUT2D eigenvalue weighted by molar-refractivity contribution is 5.86. The molecule has 7 nitrogen and oxygen atoms in total. The quantitative estimate of drug-likeness (QED) is 0.509. The number of rotatable bonds is 10. The van der Waals surface area contributed by atoms with Crippen molar-refractivity contribution in [3.8, 4) is 11.1 Å². The summed E-state index contributed by atoms with van der Waals surface area (Å²) in [6.45, 7) is 2.51. The van der Waals surface area contributed by atoms with Crippen LogP contribution in [0.25, 0.3) is 11.1 Å². The van der Waals surface area contributed by atoms with E-state index in [9.17, 15) is 14.4 Å². The van der Waals surface area contributed by atoms with Gasteiger partial charge in [-0.3, -0.25) is 9.59 Å². The van der Waals surface area contributed by atoms with Gasteiger partial charge in [0.15, 0.2) is 0 Å².